The van der Waals surface area contributed by atoms with Crippen LogP contribution in [0.3, 0.4) is 0 Å². The number of hydrogen-bond acceptors (Lipinski definition) is 5. The van der Waals surface area contributed by atoms with Crippen LogP contribution in [-0.2, 0) is 0 Å². The summed E-state index contributed by atoms with van der Waals surface area (Å²) in [7, 11) is 0. The molecule has 4 N–H and O–H groups in total. The van der Waals surface area contributed by atoms with Crippen molar-refractivity contribution in [2.45, 2.75) is 0 Å². The number of allylic oxidation sites excluding steroid dienone is 3. The second-order valence-corrected chi connectivity index (χ2v) is 3.51. The largest absolute Gasteiger partial charge is 0.410 e. The number of hydrogen-bond donors (Lipinski definition) is 4. The van der Waals surface area contributed by atoms with Gasteiger partial charge >= 0.3 is 0 Å². The van der Waals surface area contributed by atoms with E-state index >= 15 is 0 Å². The molecule has 1 rings (SSSR count). The number of nitrogens with zero attached hydrogens (tertiary/aromatic N) is 2. The molecule has 6 heteroatoms. The van der Waals surface area contributed by atoms with Gasteiger partial charge in [0.05, 0.1) is 6.61 Å². The van der Waals surface area contributed by atoms with Crippen molar-refractivity contribution in [1.29, 1.82) is 0 Å². The zero-order valence-corrected chi connectivity index (χ0v) is 9.45. The zero-order valence-electron chi connectivity index (χ0n) is 9.45. The van der Waals surface area contributed by atoms with Crippen LogP contribution in [0.5, 0.6) is 0 Å². The maximum absolute atomic E-state index is 9.13. The molecule has 0 radical (unpaired) electrons. The summed E-state index contributed by atoms with van der Waals surface area (Å²) in [4.78, 5) is 0. The van der Waals surface area contributed by atoms with Crippen molar-refractivity contribution in [1.82, 2.24) is 0 Å². The third-order valence-electron chi connectivity index (χ3n) is 2.45. The highest BCUT2D eigenvalue weighted by Gasteiger charge is 2.17. The Hall–Kier alpha value is -1.50. The predicted octanol–water partition coefficient (Wildman–Crippen LogP) is -1.26. The second kappa shape index (κ2) is 6.95. The first-order valence-electron chi connectivity index (χ1n) is 5.32. The maximum Gasteiger partial charge on any atom is 0.200 e. The van der Waals surface area contributed by atoms with E-state index in [9.17, 15) is 0 Å². The molecule has 6 nitrogen and oxygen atoms in total. The number of aliphatic hydroxyl groups is 3. The van der Waals surface area contributed by atoms with E-state index in [4.69, 9.17) is 20.5 Å². The van der Waals surface area contributed by atoms with E-state index in [1.54, 1.807) is 22.8 Å². The fourth-order valence-electron chi connectivity index (χ4n) is 1.60. The molecule has 0 unspecified atom stereocenters. The molecule has 0 saturated heterocycles. The van der Waals surface area contributed by atoms with Crippen molar-refractivity contribution in [2.75, 3.05) is 32.9 Å². The number of oxime groups is 1. The van der Waals surface area contributed by atoms with E-state index in [0.717, 1.165) is 5.71 Å². The van der Waals surface area contributed by atoms with E-state index in [0.29, 0.717) is 24.4 Å². The summed E-state index contributed by atoms with van der Waals surface area (Å²) in [5, 5.41) is 38.7. The molecule has 94 valence electrons. The molecule has 0 aliphatic heterocycles. The molecule has 1 aliphatic carbocycles. The minimum absolute atomic E-state index is 0.0272. The van der Waals surface area contributed by atoms with Crippen molar-refractivity contribution >= 4 is 11.4 Å². The fraction of sp³-hybridized carbons (Fsp3) is 0.455. The van der Waals surface area contributed by atoms with Gasteiger partial charge in [-0.3, -0.25) is 0 Å². The molecular weight excluding hydrogens is 224 g/mol. The number of aliphatic hydroxyl groups excluding tert-OH is 3. The quantitative estimate of drug-likeness (QED) is 0.209. The van der Waals surface area contributed by atoms with Crippen molar-refractivity contribution in [3.8, 4) is 0 Å². The highest BCUT2D eigenvalue weighted by atomic mass is 16.4. The fourth-order valence-corrected chi connectivity index (χ4v) is 1.60. The van der Waals surface area contributed by atoms with Gasteiger partial charge in [-0.25, -0.2) is 4.58 Å². The Labute approximate surface area is 99.1 Å². The normalized spacial score (nSPS) is 17.5. The van der Waals surface area contributed by atoms with Crippen molar-refractivity contribution < 1.29 is 25.1 Å². The average molecular weight is 241 g/mol. The smallest absolute Gasteiger partial charge is 0.200 e. The van der Waals surface area contributed by atoms with Crippen LogP contribution in [0, 0.1) is 0 Å². The van der Waals surface area contributed by atoms with Crippen LogP contribution in [0.2, 0.25) is 0 Å². The molecule has 1 aliphatic rings. The monoisotopic (exact) mass is 241 g/mol. The molecule has 0 fully saturated rings. The molecule has 0 saturated carbocycles. The van der Waals surface area contributed by atoms with Crippen LogP contribution in [0.4, 0.5) is 0 Å². The van der Waals surface area contributed by atoms with E-state index in [2.05, 4.69) is 5.16 Å². The molecule has 0 aromatic heterocycles. The Morgan fingerprint density at radius 1 is 1.06 bits per heavy atom. The van der Waals surface area contributed by atoms with E-state index in [1.165, 1.54) is 0 Å². The van der Waals surface area contributed by atoms with Gasteiger partial charge in [-0.1, -0.05) is 5.16 Å². The summed E-state index contributed by atoms with van der Waals surface area (Å²) in [6.07, 6.45) is 4.95. The summed E-state index contributed by atoms with van der Waals surface area (Å²) >= 11 is 0. The molecule has 0 amide bonds. The Kier molecular flexibility index (Phi) is 5.55. The predicted molar refractivity (Wildman–Crippen MR) is 62.7 cm³/mol. The Balaban J connectivity index is 3.05. The number of rotatable bonds is 5. The minimum Gasteiger partial charge on any atom is -0.410 e. The summed E-state index contributed by atoms with van der Waals surface area (Å²) in [5.74, 6) is 0. The molecule has 0 bridgehead atoms. The van der Waals surface area contributed by atoms with Gasteiger partial charge < -0.3 is 20.5 Å². The van der Waals surface area contributed by atoms with E-state index in [1.807, 2.05) is 0 Å². The minimum atomic E-state index is -0.237. The van der Waals surface area contributed by atoms with Gasteiger partial charge in [0.25, 0.3) is 0 Å². The summed E-state index contributed by atoms with van der Waals surface area (Å²) < 4.78 is 1.78. The van der Waals surface area contributed by atoms with Crippen LogP contribution in [0.25, 0.3) is 0 Å². The van der Waals surface area contributed by atoms with Gasteiger partial charge in [-0.2, -0.15) is 0 Å². The first-order chi connectivity index (χ1) is 8.26. The molecule has 0 atom stereocenters. The van der Waals surface area contributed by atoms with Crippen molar-refractivity contribution in [3.63, 3.8) is 0 Å². The van der Waals surface area contributed by atoms with Gasteiger partial charge in [-0.15, -0.1) is 0 Å². The second-order valence-electron chi connectivity index (χ2n) is 3.51. The Morgan fingerprint density at radius 2 is 1.71 bits per heavy atom. The average Bonchev–Trinajstić information content (AvgIpc) is 2.37. The van der Waals surface area contributed by atoms with Gasteiger partial charge in [-0.05, 0) is 6.08 Å². The van der Waals surface area contributed by atoms with Crippen molar-refractivity contribution in [3.05, 3.63) is 23.8 Å². The lowest BCUT2D eigenvalue weighted by Crippen LogP contribution is -2.27. The first kappa shape index (κ1) is 13.6. The van der Waals surface area contributed by atoms with Crippen LogP contribution in [-0.4, -0.2) is 69.4 Å². The third-order valence-corrected chi connectivity index (χ3v) is 2.45. The van der Waals surface area contributed by atoms with E-state index in [-0.39, 0.29) is 19.8 Å². The lowest BCUT2D eigenvalue weighted by atomic mass is 10.0. The zero-order chi connectivity index (χ0) is 12.7. The molecule has 0 aromatic carbocycles. The van der Waals surface area contributed by atoms with Crippen molar-refractivity contribution in [2.24, 2.45) is 5.16 Å². The third kappa shape index (κ3) is 3.48. The SMILES string of the molecule is OCC[N+](CCO)=C1C=C/C(=N\O)C(CO)=C1. The van der Waals surface area contributed by atoms with Crippen LogP contribution >= 0.6 is 0 Å². The molecule has 0 heterocycles. The van der Waals surface area contributed by atoms with E-state index < -0.39 is 0 Å². The Morgan fingerprint density at radius 3 is 2.18 bits per heavy atom. The molecule has 0 spiro atoms. The standard InChI is InChI=1S/C11H16N2O4/c14-5-3-13(4-6-15)10-1-2-11(12-17)9(7-10)8-16/h1-2,7,14-16H,3-6,8H2/p+1. The van der Waals surface area contributed by atoms with Crippen LogP contribution in [0.15, 0.2) is 29.0 Å². The first-order valence-corrected chi connectivity index (χ1v) is 5.32. The maximum atomic E-state index is 9.13. The lowest BCUT2D eigenvalue weighted by molar-refractivity contribution is -0.530. The van der Waals surface area contributed by atoms with Gasteiger partial charge in [0.15, 0.2) is 13.1 Å². The highest BCUT2D eigenvalue weighted by Crippen LogP contribution is 2.07. The van der Waals surface area contributed by atoms with Crippen LogP contribution < -0.4 is 0 Å². The van der Waals surface area contributed by atoms with Gasteiger partial charge in [0.1, 0.15) is 18.9 Å². The molecule has 17 heavy (non-hydrogen) atoms. The highest BCUT2D eigenvalue weighted by molar-refractivity contribution is 6.19. The Bertz CT molecular complexity index is 375. The van der Waals surface area contributed by atoms with Gasteiger partial charge in [0, 0.05) is 17.7 Å². The molecular formula is C11H17N2O4+. The van der Waals surface area contributed by atoms with Gasteiger partial charge in [0.2, 0.25) is 5.71 Å². The summed E-state index contributed by atoms with van der Waals surface area (Å²) in [5.41, 5.74) is 1.56. The van der Waals surface area contributed by atoms with Crippen LogP contribution in [0.1, 0.15) is 0 Å². The lowest BCUT2D eigenvalue weighted by Gasteiger charge is -2.09. The molecule has 0 aromatic rings. The topological polar surface area (TPSA) is 96.3 Å². The summed E-state index contributed by atoms with van der Waals surface area (Å²) in [6, 6.07) is 0. The summed E-state index contributed by atoms with van der Waals surface area (Å²) in [6.45, 7) is 0.489.